The highest BCUT2D eigenvalue weighted by Crippen LogP contribution is 2.29. The molecule has 202 valence electrons. The topological polar surface area (TPSA) is 122 Å². The summed E-state index contributed by atoms with van der Waals surface area (Å²) in [7, 11) is 0.509. The minimum atomic E-state index is -1.24. The fourth-order valence-corrected chi connectivity index (χ4v) is 5.38. The Bertz CT molecular complexity index is 1480. The molecule has 1 aliphatic rings. The van der Waals surface area contributed by atoms with Gasteiger partial charge in [0.2, 0.25) is 0 Å². The zero-order chi connectivity index (χ0) is 27.0. The molecule has 2 atom stereocenters. The number of nitrogens with two attached hydrogens (primary N) is 1. The number of benzene rings is 1. The lowest BCUT2D eigenvalue weighted by Gasteiger charge is -2.27. The van der Waals surface area contributed by atoms with Crippen LogP contribution in [0.4, 0.5) is 4.39 Å². The molecule has 1 aromatic carbocycles. The van der Waals surface area contributed by atoms with Gasteiger partial charge >= 0.3 is 0 Å². The normalized spacial score (nSPS) is 18.4. The molecule has 0 unspecified atom stereocenters. The molecule has 10 nitrogen and oxygen atoms in total. The smallest absolute Gasteiger partial charge is 0.255 e. The van der Waals surface area contributed by atoms with Crippen molar-refractivity contribution >= 4 is 36.0 Å². The molecule has 1 fully saturated rings. The van der Waals surface area contributed by atoms with Crippen molar-refractivity contribution in [2.45, 2.75) is 50.9 Å². The van der Waals surface area contributed by atoms with Crippen LogP contribution in [0.1, 0.15) is 16.8 Å². The number of hydrogen-bond acceptors (Lipinski definition) is 7. The number of hydrogen-bond donors (Lipinski definition) is 2. The van der Waals surface area contributed by atoms with Crippen molar-refractivity contribution in [3.05, 3.63) is 42.0 Å². The van der Waals surface area contributed by atoms with E-state index in [1.807, 2.05) is 0 Å². The number of nitrogens with zero attached hydrogens (tertiary/aromatic N) is 5. The van der Waals surface area contributed by atoms with Crippen LogP contribution in [0, 0.1) is 5.82 Å². The average Bonchev–Trinajstić information content (AvgIpc) is 3.38. The summed E-state index contributed by atoms with van der Waals surface area (Å²) < 4.78 is 28.7. The van der Waals surface area contributed by atoms with Crippen LogP contribution in [0.2, 0.25) is 25.7 Å². The monoisotopic (exact) mass is 539 g/mol. The third-order valence-corrected chi connectivity index (χ3v) is 8.37. The summed E-state index contributed by atoms with van der Waals surface area (Å²) >= 11 is 0. The van der Waals surface area contributed by atoms with Crippen LogP contribution >= 0.6 is 0 Å². The van der Waals surface area contributed by atoms with Gasteiger partial charge in [0, 0.05) is 39.4 Å². The molecule has 3 aromatic heterocycles. The number of fused-ring (bicyclic) bond motifs is 2. The van der Waals surface area contributed by atoms with E-state index in [-0.39, 0.29) is 30.5 Å². The van der Waals surface area contributed by atoms with Crippen LogP contribution in [0.5, 0.6) is 0 Å². The summed E-state index contributed by atoms with van der Waals surface area (Å²) in [6.45, 7) is 8.68. The highest BCUT2D eigenvalue weighted by molar-refractivity contribution is 6.76. The average molecular weight is 540 g/mol. The van der Waals surface area contributed by atoms with Gasteiger partial charge < -0.3 is 25.1 Å². The first-order chi connectivity index (χ1) is 18.1. The Balaban J connectivity index is 1.51. The largest absolute Gasteiger partial charge is 0.378 e. The summed E-state index contributed by atoms with van der Waals surface area (Å²) in [6.07, 6.45) is 3.99. The Morgan fingerprint density at radius 3 is 2.89 bits per heavy atom. The summed E-state index contributed by atoms with van der Waals surface area (Å²) in [4.78, 5) is 22.9. The molecular formula is C26H34FN7O3Si. The first kappa shape index (κ1) is 26.4. The van der Waals surface area contributed by atoms with Gasteiger partial charge in [0.15, 0.2) is 5.65 Å². The molecule has 4 heterocycles. The third kappa shape index (κ3) is 5.63. The van der Waals surface area contributed by atoms with E-state index in [4.69, 9.17) is 20.2 Å². The summed E-state index contributed by atoms with van der Waals surface area (Å²) in [5, 5.41) is 8.35. The second-order valence-electron chi connectivity index (χ2n) is 11.1. The lowest BCUT2D eigenvalue weighted by molar-refractivity contribution is 0.0522. The number of halogens is 1. The van der Waals surface area contributed by atoms with Crippen molar-refractivity contribution in [3.63, 3.8) is 0 Å². The predicted molar refractivity (Wildman–Crippen MR) is 146 cm³/mol. The first-order valence-corrected chi connectivity index (χ1v) is 16.5. The van der Waals surface area contributed by atoms with Crippen LogP contribution in [0.3, 0.4) is 0 Å². The van der Waals surface area contributed by atoms with Gasteiger partial charge in [-0.25, -0.2) is 14.4 Å². The van der Waals surface area contributed by atoms with Crippen molar-refractivity contribution in [1.82, 2.24) is 29.6 Å². The molecule has 0 spiro atoms. The summed E-state index contributed by atoms with van der Waals surface area (Å²) in [5.41, 5.74) is 9.08. The van der Waals surface area contributed by atoms with Crippen LogP contribution in [0.15, 0.2) is 30.6 Å². The van der Waals surface area contributed by atoms with Crippen molar-refractivity contribution in [2.75, 3.05) is 19.8 Å². The fraction of sp³-hybridized carbons (Fsp3) is 0.462. The molecule has 4 aromatic rings. The van der Waals surface area contributed by atoms with Crippen LogP contribution in [0.25, 0.3) is 33.5 Å². The Hall–Kier alpha value is -3.19. The minimum Gasteiger partial charge on any atom is -0.378 e. The summed E-state index contributed by atoms with van der Waals surface area (Å²) in [5.74, 6) is -0.622. The molecule has 5 rings (SSSR count). The molecule has 0 radical (unpaired) electrons. The molecule has 1 saturated heterocycles. The maximum atomic E-state index is 13.8. The number of amides is 1. The van der Waals surface area contributed by atoms with Crippen molar-refractivity contribution in [3.8, 4) is 11.4 Å². The molecule has 1 aliphatic heterocycles. The van der Waals surface area contributed by atoms with E-state index in [1.54, 1.807) is 34.8 Å². The Kier molecular flexibility index (Phi) is 7.31. The molecule has 0 bridgehead atoms. The van der Waals surface area contributed by atoms with Gasteiger partial charge in [-0.05, 0) is 30.7 Å². The summed E-state index contributed by atoms with van der Waals surface area (Å²) in [6, 6.07) is 5.22. The predicted octanol–water partition coefficient (Wildman–Crippen LogP) is 3.28. The van der Waals surface area contributed by atoms with Gasteiger partial charge in [0.05, 0.1) is 36.5 Å². The van der Waals surface area contributed by atoms with Crippen LogP contribution in [-0.4, -0.2) is 70.2 Å². The SMILES string of the molecule is Cn1nc(-c2cnc3c(n2)c(C(=O)N[C@H]2COC[C@H](N)C2)cn3COCC[Si](C)(C)C)c2ccc(F)cc21. The van der Waals surface area contributed by atoms with Gasteiger partial charge in [0.1, 0.15) is 29.5 Å². The van der Waals surface area contributed by atoms with Crippen molar-refractivity contribution in [1.29, 1.82) is 0 Å². The van der Waals surface area contributed by atoms with Crippen molar-refractivity contribution in [2.24, 2.45) is 12.8 Å². The Morgan fingerprint density at radius 2 is 2.13 bits per heavy atom. The highest BCUT2D eigenvalue weighted by atomic mass is 28.3. The van der Waals surface area contributed by atoms with E-state index in [0.717, 1.165) is 11.4 Å². The maximum absolute atomic E-state index is 13.8. The number of aromatic nitrogens is 5. The quantitative estimate of drug-likeness (QED) is 0.260. The van der Waals surface area contributed by atoms with E-state index < -0.39 is 8.07 Å². The Morgan fingerprint density at radius 1 is 1.32 bits per heavy atom. The Labute approximate surface area is 221 Å². The van der Waals surface area contributed by atoms with Gasteiger partial charge in [-0.2, -0.15) is 5.10 Å². The number of carbonyl (C=O) groups is 1. The first-order valence-electron chi connectivity index (χ1n) is 12.8. The molecular weight excluding hydrogens is 505 g/mol. The van der Waals surface area contributed by atoms with Crippen molar-refractivity contribution < 1.29 is 18.7 Å². The number of nitrogens with one attached hydrogen (secondary N) is 1. The van der Waals surface area contributed by atoms with E-state index in [1.165, 1.54) is 12.1 Å². The molecule has 38 heavy (non-hydrogen) atoms. The van der Waals surface area contributed by atoms with E-state index in [2.05, 4.69) is 35.0 Å². The fourth-order valence-electron chi connectivity index (χ4n) is 4.62. The van der Waals surface area contributed by atoms with Gasteiger partial charge in [-0.1, -0.05) is 19.6 Å². The molecule has 1 amide bonds. The number of rotatable bonds is 8. The molecule has 3 N–H and O–H groups in total. The highest BCUT2D eigenvalue weighted by Gasteiger charge is 2.25. The minimum absolute atomic E-state index is 0.121. The number of ether oxygens (including phenoxy) is 2. The second kappa shape index (κ2) is 10.5. The standard InChI is InChI=1S/C26H34FN7O3Si/c1-33-22-9-16(27)5-6-19(22)23(32-33)21-11-29-25-24(31-21)20(12-34(25)15-36-7-8-38(2,3)4)26(35)30-18-10-17(28)13-37-14-18/h5-6,9,11-12,17-18H,7-8,10,13-15,28H2,1-4H3,(H,30,35)/t17-,18-/m1/s1. The number of carbonyl (C=O) groups excluding carboxylic acids is 1. The zero-order valence-corrected chi connectivity index (χ0v) is 23.2. The van der Waals surface area contributed by atoms with E-state index >= 15 is 0 Å². The zero-order valence-electron chi connectivity index (χ0n) is 22.2. The third-order valence-electron chi connectivity index (χ3n) is 6.67. The van der Waals surface area contributed by atoms with E-state index in [9.17, 15) is 9.18 Å². The lowest BCUT2D eigenvalue weighted by Crippen LogP contribution is -2.47. The maximum Gasteiger partial charge on any atom is 0.255 e. The molecule has 0 saturated carbocycles. The van der Waals surface area contributed by atoms with Crippen LogP contribution in [-0.2, 0) is 23.3 Å². The number of aryl methyl sites for hydroxylation is 1. The van der Waals surface area contributed by atoms with E-state index in [0.29, 0.717) is 59.9 Å². The van der Waals surface area contributed by atoms with Gasteiger partial charge in [-0.15, -0.1) is 0 Å². The van der Waals surface area contributed by atoms with Gasteiger partial charge in [0.25, 0.3) is 5.91 Å². The lowest BCUT2D eigenvalue weighted by atomic mass is 10.1. The molecule has 0 aliphatic carbocycles. The second-order valence-corrected chi connectivity index (χ2v) is 16.7. The molecule has 12 heteroatoms. The van der Waals surface area contributed by atoms with Gasteiger partial charge in [-0.3, -0.25) is 9.48 Å². The van der Waals surface area contributed by atoms with Crippen LogP contribution < -0.4 is 11.1 Å².